The summed E-state index contributed by atoms with van der Waals surface area (Å²) in [6.07, 6.45) is 3.72. The first-order valence-corrected chi connectivity index (χ1v) is 7.69. The number of aliphatic hydroxyl groups is 1. The van der Waals surface area contributed by atoms with Crippen molar-refractivity contribution in [2.24, 2.45) is 0 Å². The van der Waals surface area contributed by atoms with E-state index in [1.54, 1.807) is 0 Å². The van der Waals surface area contributed by atoms with Crippen LogP contribution < -0.4 is 5.32 Å². The Morgan fingerprint density at radius 1 is 1.55 bits per heavy atom. The number of hydrogen-bond acceptors (Lipinski definition) is 5. The minimum Gasteiger partial charge on any atom is -0.394 e. The predicted octanol–water partition coefficient (Wildman–Crippen LogP) is 0.734. The summed E-state index contributed by atoms with van der Waals surface area (Å²) in [6, 6.07) is 4.37. The summed E-state index contributed by atoms with van der Waals surface area (Å²) in [7, 11) is 2.06. The molecule has 0 aromatic carbocycles. The minimum atomic E-state index is -0.359. The van der Waals surface area contributed by atoms with E-state index in [9.17, 15) is 5.11 Å². The van der Waals surface area contributed by atoms with Crippen LogP contribution in [0.25, 0.3) is 11.0 Å². The van der Waals surface area contributed by atoms with Gasteiger partial charge in [-0.15, -0.1) is 0 Å². The number of H-pyrrole nitrogens is 1. The number of hydrogen-bond donors (Lipinski definition) is 3. The van der Waals surface area contributed by atoms with Gasteiger partial charge in [0.05, 0.1) is 25.4 Å². The minimum absolute atomic E-state index is 0.0801. The van der Waals surface area contributed by atoms with Crippen LogP contribution in [0.5, 0.6) is 0 Å². The maximum Gasteiger partial charge on any atom is 0.137 e. The molecule has 120 valence electrons. The number of nitrogens with one attached hydrogen (secondary N) is 2. The van der Waals surface area contributed by atoms with Gasteiger partial charge < -0.3 is 20.1 Å². The quantitative estimate of drug-likeness (QED) is 0.759. The van der Waals surface area contributed by atoms with Crippen molar-refractivity contribution in [3.05, 3.63) is 30.1 Å². The highest BCUT2D eigenvalue weighted by molar-refractivity contribution is 5.79. The number of ether oxygens (including phenoxy) is 1. The molecule has 0 amide bonds. The Labute approximate surface area is 130 Å². The Balaban J connectivity index is 1.67. The molecule has 2 aromatic heterocycles. The van der Waals surface area contributed by atoms with E-state index in [1.807, 2.05) is 24.5 Å². The van der Waals surface area contributed by atoms with E-state index in [0.717, 1.165) is 17.6 Å². The second kappa shape index (κ2) is 6.34. The second-order valence-corrected chi connectivity index (χ2v) is 6.17. The molecule has 2 aromatic rings. The van der Waals surface area contributed by atoms with Crippen LogP contribution in [0.1, 0.15) is 12.5 Å². The summed E-state index contributed by atoms with van der Waals surface area (Å²) in [5.41, 5.74) is 1.75. The van der Waals surface area contributed by atoms with Crippen molar-refractivity contribution in [1.82, 2.24) is 20.2 Å². The van der Waals surface area contributed by atoms with Gasteiger partial charge in [0.1, 0.15) is 5.65 Å². The maximum absolute atomic E-state index is 9.89. The van der Waals surface area contributed by atoms with Crippen LogP contribution >= 0.6 is 0 Å². The van der Waals surface area contributed by atoms with Gasteiger partial charge in [0.15, 0.2) is 0 Å². The number of pyridine rings is 1. The number of aliphatic hydroxyl groups excluding tert-OH is 1. The van der Waals surface area contributed by atoms with E-state index in [-0.39, 0.29) is 12.1 Å². The van der Waals surface area contributed by atoms with Crippen molar-refractivity contribution in [3.8, 4) is 0 Å². The lowest BCUT2D eigenvalue weighted by atomic mass is 9.96. The number of aromatic amines is 1. The molecular weight excluding hydrogens is 280 g/mol. The van der Waals surface area contributed by atoms with Crippen molar-refractivity contribution in [2.75, 3.05) is 33.4 Å². The number of morpholine rings is 1. The largest absolute Gasteiger partial charge is 0.394 e. The average molecular weight is 304 g/mol. The Morgan fingerprint density at radius 3 is 3.23 bits per heavy atom. The van der Waals surface area contributed by atoms with E-state index in [1.165, 1.54) is 5.56 Å². The van der Waals surface area contributed by atoms with Gasteiger partial charge in [-0.3, -0.25) is 4.90 Å². The van der Waals surface area contributed by atoms with Crippen LogP contribution in [-0.2, 0) is 11.3 Å². The van der Waals surface area contributed by atoms with Crippen LogP contribution in [0.3, 0.4) is 0 Å². The first-order valence-electron chi connectivity index (χ1n) is 7.69. The third kappa shape index (κ3) is 2.75. The van der Waals surface area contributed by atoms with E-state index in [4.69, 9.17) is 4.74 Å². The lowest BCUT2D eigenvalue weighted by Gasteiger charge is -2.47. The fourth-order valence-corrected chi connectivity index (χ4v) is 3.09. The molecule has 0 radical (unpaired) electrons. The number of nitrogens with zero attached hydrogens (tertiary/aromatic N) is 2. The topological polar surface area (TPSA) is 73.4 Å². The Bertz CT molecular complexity index is 629. The molecule has 0 unspecified atom stereocenters. The molecule has 1 saturated heterocycles. The molecule has 2 atom stereocenters. The summed E-state index contributed by atoms with van der Waals surface area (Å²) in [4.78, 5) is 9.65. The van der Waals surface area contributed by atoms with Gasteiger partial charge in [-0.25, -0.2) is 4.98 Å². The molecule has 0 aliphatic carbocycles. The number of aromatic nitrogens is 2. The lowest BCUT2D eigenvalue weighted by Crippen LogP contribution is -2.65. The predicted molar refractivity (Wildman–Crippen MR) is 85.7 cm³/mol. The van der Waals surface area contributed by atoms with Crippen molar-refractivity contribution in [3.63, 3.8) is 0 Å². The van der Waals surface area contributed by atoms with Crippen molar-refractivity contribution in [2.45, 2.75) is 25.0 Å². The van der Waals surface area contributed by atoms with Crippen LogP contribution in [0, 0.1) is 0 Å². The number of rotatable bonds is 5. The second-order valence-electron chi connectivity index (χ2n) is 6.17. The Kier molecular flexibility index (Phi) is 4.44. The molecule has 1 aliphatic rings. The highest BCUT2D eigenvalue weighted by Gasteiger charge is 2.39. The lowest BCUT2D eigenvalue weighted by molar-refractivity contribution is -0.106. The summed E-state index contributed by atoms with van der Waals surface area (Å²) in [5, 5.41) is 14.5. The number of likely N-dealkylation sites (N-methyl/N-ethyl adjacent to an activating group) is 1. The normalized spacial score (nSPS) is 26.6. The molecule has 0 saturated carbocycles. The van der Waals surface area contributed by atoms with Crippen LogP contribution in [0.15, 0.2) is 24.5 Å². The standard InChI is InChI=1S/C16H24N4O2/c1-12-8-22-11-16(10-21,20(12)2)9-17-7-13-3-5-18-15-14(13)4-6-19-15/h3-6,12,17,21H,7-11H2,1-2H3,(H,18,19)/t12-,16+/m1/s1. The number of fused-ring (bicyclic) bond motifs is 1. The van der Waals surface area contributed by atoms with Crippen molar-refractivity contribution < 1.29 is 9.84 Å². The van der Waals surface area contributed by atoms with E-state index >= 15 is 0 Å². The zero-order valence-corrected chi connectivity index (χ0v) is 13.2. The molecular formula is C16H24N4O2. The summed E-state index contributed by atoms with van der Waals surface area (Å²) < 4.78 is 5.66. The van der Waals surface area contributed by atoms with Gasteiger partial charge in [-0.1, -0.05) is 0 Å². The SMILES string of the molecule is C[C@@H]1COC[C@@](CO)(CNCc2ccnc3[nH]ccc23)N1C. The monoisotopic (exact) mass is 304 g/mol. The highest BCUT2D eigenvalue weighted by Crippen LogP contribution is 2.22. The van der Waals surface area contributed by atoms with E-state index in [0.29, 0.717) is 25.8 Å². The Morgan fingerprint density at radius 2 is 2.41 bits per heavy atom. The van der Waals surface area contributed by atoms with Gasteiger partial charge in [0.25, 0.3) is 0 Å². The Hall–Kier alpha value is -1.47. The zero-order valence-electron chi connectivity index (χ0n) is 13.2. The first-order chi connectivity index (χ1) is 10.7. The van der Waals surface area contributed by atoms with Gasteiger partial charge in [-0.2, -0.15) is 0 Å². The molecule has 22 heavy (non-hydrogen) atoms. The average Bonchev–Trinajstić information content (AvgIpc) is 3.01. The fraction of sp³-hybridized carbons (Fsp3) is 0.562. The van der Waals surface area contributed by atoms with Crippen molar-refractivity contribution >= 4 is 11.0 Å². The summed E-state index contributed by atoms with van der Waals surface area (Å²) in [6.45, 7) is 4.88. The fourth-order valence-electron chi connectivity index (χ4n) is 3.09. The molecule has 0 spiro atoms. The molecule has 1 aliphatic heterocycles. The third-order valence-corrected chi connectivity index (χ3v) is 4.75. The smallest absolute Gasteiger partial charge is 0.137 e. The molecule has 3 heterocycles. The molecule has 3 N–H and O–H groups in total. The van der Waals surface area contributed by atoms with E-state index in [2.05, 4.69) is 34.2 Å². The molecule has 3 rings (SSSR count). The zero-order chi connectivity index (χ0) is 15.6. The van der Waals surface area contributed by atoms with Gasteiger partial charge >= 0.3 is 0 Å². The van der Waals surface area contributed by atoms with Crippen LogP contribution in [0.4, 0.5) is 0 Å². The summed E-state index contributed by atoms with van der Waals surface area (Å²) >= 11 is 0. The first kappa shape index (κ1) is 15.4. The van der Waals surface area contributed by atoms with Crippen molar-refractivity contribution in [1.29, 1.82) is 0 Å². The van der Waals surface area contributed by atoms with Gasteiger partial charge in [-0.05, 0) is 31.7 Å². The molecule has 0 bridgehead atoms. The molecule has 6 heteroatoms. The highest BCUT2D eigenvalue weighted by atomic mass is 16.5. The summed E-state index contributed by atoms with van der Waals surface area (Å²) in [5.74, 6) is 0. The van der Waals surface area contributed by atoms with Crippen LogP contribution in [-0.4, -0.2) is 65.0 Å². The molecule has 1 fully saturated rings. The van der Waals surface area contributed by atoms with E-state index < -0.39 is 0 Å². The maximum atomic E-state index is 9.89. The van der Waals surface area contributed by atoms with Gasteiger partial charge in [0.2, 0.25) is 0 Å². The van der Waals surface area contributed by atoms with Gasteiger partial charge in [0, 0.05) is 36.9 Å². The van der Waals surface area contributed by atoms with Crippen LogP contribution in [0.2, 0.25) is 0 Å². The molecule has 6 nitrogen and oxygen atoms in total. The third-order valence-electron chi connectivity index (χ3n) is 4.75.